The lowest BCUT2D eigenvalue weighted by Crippen LogP contribution is -2.22. The Balaban J connectivity index is 2.05. The van der Waals surface area contributed by atoms with E-state index in [1.807, 2.05) is 18.2 Å². The fourth-order valence-electron chi connectivity index (χ4n) is 2.13. The lowest BCUT2D eigenvalue weighted by molar-refractivity contribution is -0.118. The fourth-order valence-corrected chi connectivity index (χ4v) is 2.67. The zero-order chi connectivity index (χ0) is 17.9. The highest BCUT2D eigenvalue weighted by Crippen LogP contribution is 2.33. The molecule has 0 aliphatic heterocycles. The van der Waals surface area contributed by atoms with Crippen LogP contribution < -0.4 is 10.1 Å². The first kappa shape index (κ1) is 18.7. The Labute approximate surface area is 154 Å². The van der Waals surface area contributed by atoms with Crippen molar-refractivity contribution in [2.24, 2.45) is 0 Å². The van der Waals surface area contributed by atoms with Gasteiger partial charge in [-0.25, -0.2) is 4.39 Å². The number of carbonyl (C=O) groups is 1. The summed E-state index contributed by atoms with van der Waals surface area (Å²) in [6.07, 6.45) is 0. The van der Waals surface area contributed by atoms with E-state index < -0.39 is 5.82 Å². The average Bonchev–Trinajstić information content (AvgIpc) is 2.49. The highest BCUT2D eigenvalue weighted by molar-refractivity contribution is 9.10. The minimum atomic E-state index is -0.532. The Morgan fingerprint density at radius 1 is 1.25 bits per heavy atom. The maximum Gasteiger partial charge on any atom is 0.262 e. The van der Waals surface area contributed by atoms with Crippen LogP contribution in [0.2, 0.25) is 5.02 Å². The summed E-state index contributed by atoms with van der Waals surface area (Å²) in [4.78, 5) is 12.0. The Morgan fingerprint density at radius 3 is 2.58 bits per heavy atom. The summed E-state index contributed by atoms with van der Waals surface area (Å²) >= 11 is 9.14. The molecule has 2 rings (SSSR count). The first-order valence-electron chi connectivity index (χ1n) is 7.34. The Bertz CT molecular complexity index is 759. The van der Waals surface area contributed by atoms with Crippen LogP contribution in [0, 0.1) is 5.82 Å². The molecule has 0 aliphatic rings. The van der Waals surface area contributed by atoms with Crippen LogP contribution in [0.5, 0.6) is 5.75 Å². The zero-order valence-corrected chi connectivity index (χ0v) is 16.0. The van der Waals surface area contributed by atoms with Gasteiger partial charge in [-0.1, -0.05) is 48.3 Å². The van der Waals surface area contributed by atoms with Gasteiger partial charge in [0.1, 0.15) is 11.6 Å². The number of hydrogen-bond donors (Lipinski definition) is 1. The predicted molar refractivity (Wildman–Crippen MR) is 98.4 cm³/mol. The van der Waals surface area contributed by atoms with Crippen molar-refractivity contribution >= 4 is 39.1 Å². The summed E-state index contributed by atoms with van der Waals surface area (Å²) in [5, 5.41) is 2.58. The van der Waals surface area contributed by atoms with Crippen molar-refractivity contribution in [1.29, 1.82) is 0 Å². The minimum absolute atomic E-state index is 0.0448. The maximum absolute atomic E-state index is 13.1. The number of amides is 1. The summed E-state index contributed by atoms with van der Waals surface area (Å²) < 4.78 is 19.7. The molecule has 0 aromatic heterocycles. The van der Waals surface area contributed by atoms with Crippen molar-refractivity contribution in [1.82, 2.24) is 0 Å². The Kier molecular flexibility index (Phi) is 5.88. The van der Waals surface area contributed by atoms with Crippen LogP contribution in [0.1, 0.15) is 26.3 Å². The number of anilines is 1. The molecule has 1 N–H and O–H groups in total. The standard InChI is InChI=1S/C18H18BrClFNO2/c1-18(2,3)13-8-11(19)4-7-16(13)24-10-17(23)22-12-5-6-15(21)14(20)9-12/h4-9H,10H2,1-3H3,(H,22,23). The monoisotopic (exact) mass is 413 g/mol. The SMILES string of the molecule is CC(C)(C)c1cc(Br)ccc1OCC(=O)Nc1ccc(F)c(Cl)c1. The largest absolute Gasteiger partial charge is 0.483 e. The molecule has 2 aromatic rings. The van der Waals surface area contributed by atoms with E-state index in [1.54, 1.807) is 0 Å². The maximum atomic E-state index is 13.1. The molecule has 3 nitrogen and oxygen atoms in total. The van der Waals surface area contributed by atoms with E-state index in [0.29, 0.717) is 11.4 Å². The van der Waals surface area contributed by atoms with Gasteiger partial charge in [0.25, 0.3) is 5.91 Å². The van der Waals surface area contributed by atoms with Gasteiger partial charge in [-0.3, -0.25) is 4.79 Å². The summed E-state index contributed by atoms with van der Waals surface area (Å²) in [6.45, 7) is 6.06. The molecule has 0 heterocycles. The van der Waals surface area contributed by atoms with E-state index in [-0.39, 0.29) is 23.0 Å². The highest BCUT2D eigenvalue weighted by atomic mass is 79.9. The molecule has 0 aliphatic carbocycles. The van der Waals surface area contributed by atoms with Gasteiger partial charge < -0.3 is 10.1 Å². The summed E-state index contributed by atoms with van der Waals surface area (Å²) in [6, 6.07) is 9.67. The van der Waals surface area contributed by atoms with Crippen molar-refractivity contribution in [2.45, 2.75) is 26.2 Å². The molecule has 0 fully saturated rings. The van der Waals surface area contributed by atoms with Crippen molar-refractivity contribution in [3.05, 3.63) is 57.3 Å². The van der Waals surface area contributed by atoms with Crippen LogP contribution in [0.3, 0.4) is 0 Å². The summed E-state index contributed by atoms with van der Waals surface area (Å²) in [5.74, 6) is -0.228. The van der Waals surface area contributed by atoms with Gasteiger partial charge >= 0.3 is 0 Å². The number of carbonyl (C=O) groups excluding carboxylic acids is 1. The third kappa shape index (κ3) is 4.95. The number of halogens is 3. The second-order valence-electron chi connectivity index (χ2n) is 6.36. The van der Waals surface area contributed by atoms with Crippen LogP contribution in [0.4, 0.5) is 10.1 Å². The van der Waals surface area contributed by atoms with Crippen molar-refractivity contribution in [3.8, 4) is 5.75 Å². The number of benzene rings is 2. The normalized spacial score (nSPS) is 11.2. The van der Waals surface area contributed by atoms with Crippen molar-refractivity contribution in [2.75, 3.05) is 11.9 Å². The summed E-state index contributed by atoms with van der Waals surface area (Å²) in [7, 11) is 0. The molecule has 0 unspecified atom stereocenters. The summed E-state index contributed by atoms with van der Waals surface area (Å²) in [5.41, 5.74) is 1.29. The van der Waals surface area contributed by atoms with Crippen molar-refractivity contribution in [3.63, 3.8) is 0 Å². The topological polar surface area (TPSA) is 38.3 Å². The van der Waals surface area contributed by atoms with Gasteiger partial charge in [0.05, 0.1) is 5.02 Å². The smallest absolute Gasteiger partial charge is 0.262 e. The molecule has 6 heteroatoms. The fraction of sp³-hybridized carbons (Fsp3) is 0.278. The molecule has 2 aromatic carbocycles. The second-order valence-corrected chi connectivity index (χ2v) is 7.68. The molecular formula is C18H18BrClFNO2. The van der Waals surface area contributed by atoms with Crippen LogP contribution in [-0.4, -0.2) is 12.5 Å². The van der Waals surface area contributed by atoms with Crippen LogP contribution in [0.25, 0.3) is 0 Å². The lowest BCUT2D eigenvalue weighted by Gasteiger charge is -2.23. The van der Waals surface area contributed by atoms with Gasteiger partial charge in [0, 0.05) is 15.7 Å². The van der Waals surface area contributed by atoms with E-state index >= 15 is 0 Å². The van der Waals surface area contributed by atoms with Crippen molar-refractivity contribution < 1.29 is 13.9 Å². The molecule has 0 atom stereocenters. The Hall–Kier alpha value is -1.59. The first-order chi connectivity index (χ1) is 11.2. The van der Waals surface area contributed by atoms with Gasteiger partial charge in [0.2, 0.25) is 0 Å². The first-order valence-corrected chi connectivity index (χ1v) is 8.51. The number of nitrogens with one attached hydrogen (secondary N) is 1. The minimum Gasteiger partial charge on any atom is -0.483 e. The molecule has 24 heavy (non-hydrogen) atoms. The molecule has 0 saturated carbocycles. The van der Waals surface area contributed by atoms with E-state index in [9.17, 15) is 9.18 Å². The third-order valence-corrected chi connectivity index (χ3v) is 4.09. The van der Waals surface area contributed by atoms with Crippen LogP contribution >= 0.6 is 27.5 Å². The molecule has 0 radical (unpaired) electrons. The number of rotatable bonds is 4. The quantitative estimate of drug-likeness (QED) is 0.711. The van der Waals surface area contributed by atoms with Crippen LogP contribution in [-0.2, 0) is 10.2 Å². The third-order valence-electron chi connectivity index (χ3n) is 3.31. The average molecular weight is 415 g/mol. The lowest BCUT2D eigenvalue weighted by atomic mass is 9.86. The van der Waals surface area contributed by atoms with Gasteiger partial charge in [0.15, 0.2) is 6.61 Å². The Morgan fingerprint density at radius 2 is 1.96 bits per heavy atom. The van der Waals surface area contributed by atoms with E-state index in [1.165, 1.54) is 18.2 Å². The zero-order valence-electron chi connectivity index (χ0n) is 13.6. The molecular weight excluding hydrogens is 397 g/mol. The van der Waals surface area contributed by atoms with Gasteiger partial charge in [-0.2, -0.15) is 0 Å². The highest BCUT2D eigenvalue weighted by Gasteiger charge is 2.20. The molecule has 0 spiro atoms. The molecule has 1 amide bonds. The molecule has 128 valence electrons. The van der Waals surface area contributed by atoms with E-state index in [4.69, 9.17) is 16.3 Å². The molecule has 0 saturated heterocycles. The molecule has 0 bridgehead atoms. The van der Waals surface area contributed by atoms with E-state index in [2.05, 4.69) is 42.0 Å². The number of ether oxygens (including phenoxy) is 1. The van der Waals surface area contributed by atoms with Gasteiger partial charge in [-0.15, -0.1) is 0 Å². The van der Waals surface area contributed by atoms with Crippen LogP contribution in [0.15, 0.2) is 40.9 Å². The number of hydrogen-bond acceptors (Lipinski definition) is 2. The van der Waals surface area contributed by atoms with E-state index in [0.717, 1.165) is 10.0 Å². The second kappa shape index (κ2) is 7.53. The van der Waals surface area contributed by atoms with Gasteiger partial charge in [-0.05, 0) is 41.8 Å². The predicted octanol–water partition coefficient (Wildman–Crippen LogP) is 5.56.